The van der Waals surface area contributed by atoms with Crippen molar-refractivity contribution in [1.29, 1.82) is 0 Å². The van der Waals surface area contributed by atoms with Crippen molar-refractivity contribution >= 4 is 27.8 Å². The van der Waals surface area contributed by atoms with Crippen molar-refractivity contribution in [3.8, 4) is 0 Å². The number of nitrogens with two attached hydrogens (primary N) is 1. The molecule has 0 saturated heterocycles. The maximum absolute atomic E-state index is 12.1. The van der Waals surface area contributed by atoms with E-state index in [1.54, 1.807) is 11.3 Å². The SMILES string of the molecule is Nc1cc(NC2CCCCCC2)sc1C(=O)C1CC1. The molecule has 3 nitrogen and oxygen atoms in total. The van der Waals surface area contributed by atoms with Crippen molar-refractivity contribution in [2.24, 2.45) is 5.92 Å². The molecule has 4 heteroatoms. The fraction of sp³-hybridized carbons (Fsp3) is 0.667. The van der Waals surface area contributed by atoms with Crippen LogP contribution in [-0.4, -0.2) is 11.8 Å². The minimum Gasteiger partial charge on any atom is -0.397 e. The Kier molecular flexibility index (Phi) is 3.78. The Morgan fingerprint density at radius 1 is 1.16 bits per heavy atom. The molecule has 104 valence electrons. The van der Waals surface area contributed by atoms with Crippen LogP contribution in [0.3, 0.4) is 0 Å². The highest BCUT2D eigenvalue weighted by Crippen LogP contribution is 2.39. The summed E-state index contributed by atoms with van der Waals surface area (Å²) in [5, 5.41) is 4.66. The lowest BCUT2D eigenvalue weighted by molar-refractivity contribution is 0.0972. The van der Waals surface area contributed by atoms with Gasteiger partial charge in [0.25, 0.3) is 0 Å². The maximum Gasteiger partial charge on any atom is 0.178 e. The number of carbonyl (C=O) groups is 1. The molecule has 0 unspecified atom stereocenters. The van der Waals surface area contributed by atoms with E-state index in [4.69, 9.17) is 5.73 Å². The third kappa shape index (κ3) is 3.11. The number of carbonyl (C=O) groups excluding carboxylic acids is 1. The Bertz CT molecular complexity index is 457. The summed E-state index contributed by atoms with van der Waals surface area (Å²) in [5.41, 5.74) is 6.66. The summed E-state index contributed by atoms with van der Waals surface area (Å²) in [5.74, 6) is 0.517. The number of rotatable bonds is 4. The zero-order valence-electron chi connectivity index (χ0n) is 11.3. The lowest BCUT2D eigenvalue weighted by Crippen LogP contribution is -2.17. The van der Waals surface area contributed by atoms with Crippen molar-refractivity contribution in [1.82, 2.24) is 0 Å². The Labute approximate surface area is 118 Å². The highest BCUT2D eigenvalue weighted by Gasteiger charge is 2.32. The Hall–Kier alpha value is -1.03. The first-order chi connectivity index (χ1) is 9.24. The van der Waals surface area contributed by atoms with E-state index in [9.17, 15) is 4.79 Å². The fourth-order valence-corrected chi connectivity index (χ4v) is 3.90. The van der Waals surface area contributed by atoms with E-state index in [1.165, 1.54) is 38.5 Å². The van der Waals surface area contributed by atoms with Crippen LogP contribution in [0.5, 0.6) is 0 Å². The van der Waals surface area contributed by atoms with Gasteiger partial charge in [0.2, 0.25) is 0 Å². The third-order valence-electron chi connectivity index (χ3n) is 4.13. The summed E-state index contributed by atoms with van der Waals surface area (Å²) < 4.78 is 0. The van der Waals surface area contributed by atoms with Crippen LogP contribution in [-0.2, 0) is 0 Å². The monoisotopic (exact) mass is 278 g/mol. The van der Waals surface area contributed by atoms with Gasteiger partial charge in [0.1, 0.15) is 0 Å². The lowest BCUT2D eigenvalue weighted by Gasteiger charge is -2.15. The van der Waals surface area contributed by atoms with E-state index in [-0.39, 0.29) is 11.7 Å². The zero-order valence-corrected chi connectivity index (χ0v) is 12.1. The first-order valence-corrected chi connectivity index (χ1v) is 8.26. The number of hydrogen-bond acceptors (Lipinski definition) is 4. The first-order valence-electron chi connectivity index (χ1n) is 7.44. The van der Waals surface area contributed by atoms with Crippen LogP contribution in [0.25, 0.3) is 0 Å². The van der Waals surface area contributed by atoms with Crippen LogP contribution in [0.2, 0.25) is 0 Å². The van der Waals surface area contributed by atoms with Gasteiger partial charge in [0, 0.05) is 12.0 Å². The lowest BCUT2D eigenvalue weighted by atomic mass is 10.1. The summed E-state index contributed by atoms with van der Waals surface area (Å²) in [4.78, 5) is 12.9. The van der Waals surface area contributed by atoms with Gasteiger partial charge in [-0.1, -0.05) is 25.7 Å². The molecule has 0 spiro atoms. The van der Waals surface area contributed by atoms with Crippen LogP contribution < -0.4 is 11.1 Å². The largest absolute Gasteiger partial charge is 0.397 e. The summed E-state index contributed by atoms with van der Waals surface area (Å²) in [6.07, 6.45) is 9.90. The number of anilines is 2. The molecule has 1 aromatic rings. The van der Waals surface area contributed by atoms with Gasteiger partial charge in [-0.25, -0.2) is 0 Å². The second-order valence-electron chi connectivity index (χ2n) is 5.87. The molecule has 0 atom stereocenters. The van der Waals surface area contributed by atoms with Crippen LogP contribution in [0.1, 0.15) is 61.0 Å². The van der Waals surface area contributed by atoms with E-state index >= 15 is 0 Å². The number of thiophene rings is 1. The maximum atomic E-state index is 12.1. The van der Waals surface area contributed by atoms with E-state index in [1.807, 2.05) is 6.07 Å². The molecule has 3 N–H and O–H groups in total. The highest BCUT2D eigenvalue weighted by molar-refractivity contribution is 7.18. The predicted octanol–water partition coefficient (Wildman–Crippen LogP) is 4.06. The molecule has 0 amide bonds. The zero-order chi connectivity index (χ0) is 13.2. The van der Waals surface area contributed by atoms with Gasteiger partial charge >= 0.3 is 0 Å². The summed E-state index contributed by atoms with van der Waals surface area (Å²) in [6, 6.07) is 2.51. The molecule has 2 aliphatic rings. The van der Waals surface area contributed by atoms with Crippen LogP contribution in [0.4, 0.5) is 10.7 Å². The Balaban J connectivity index is 1.67. The molecular weight excluding hydrogens is 256 g/mol. The molecule has 2 fully saturated rings. The van der Waals surface area contributed by atoms with Gasteiger partial charge in [-0.15, -0.1) is 11.3 Å². The highest BCUT2D eigenvalue weighted by atomic mass is 32.1. The van der Waals surface area contributed by atoms with Gasteiger partial charge in [-0.05, 0) is 31.7 Å². The number of ketones is 1. The normalized spacial score (nSPS) is 21.1. The molecule has 0 radical (unpaired) electrons. The smallest absolute Gasteiger partial charge is 0.178 e. The molecule has 2 saturated carbocycles. The molecule has 1 heterocycles. The third-order valence-corrected chi connectivity index (χ3v) is 5.23. The van der Waals surface area contributed by atoms with E-state index in [0.29, 0.717) is 11.7 Å². The van der Waals surface area contributed by atoms with Crippen molar-refractivity contribution < 1.29 is 4.79 Å². The minimum atomic E-state index is 0.256. The van der Waals surface area contributed by atoms with Crippen LogP contribution in [0, 0.1) is 5.92 Å². The minimum absolute atomic E-state index is 0.256. The van der Waals surface area contributed by atoms with Gasteiger partial charge in [-0.2, -0.15) is 0 Å². The van der Waals surface area contributed by atoms with Crippen LogP contribution >= 0.6 is 11.3 Å². The topological polar surface area (TPSA) is 55.1 Å². The number of Topliss-reactive ketones (excluding diaryl/α,β-unsaturated/α-hetero) is 1. The summed E-state index contributed by atoms with van der Waals surface area (Å²) >= 11 is 1.55. The Morgan fingerprint density at radius 2 is 1.84 bits per heavy atom. The Morgan fingerprint density at radius 3 is 2.47 bits per heavy atom. The van der Waals surface area contributed by atoms with Gasteiger partial charge in [-0.3, -0.25) is 4.79 Å². The standard InChI is InChI=1S/C15H22N2OS/c16-12-9-13(17-11-5-3-1-2-4-6-11)19-15(12)14(18)10-7-8-10/h9-11,17H,1-8,16H2. The van der Waals surface area contributed by atoms with Crippen LogP contribution in [0.15, 0.2) is 6.07 Å². The molecule has 0 bridgehead atoms. The predicted molar refractivity (Wildman–Crippen MR) is 80.9 cm³/mol. The second-order valence-corrected chi connectivity index (χ2v) is 6.92. The molecule has 0 aromatic carbocycles. The van der Waals surface area contributed by atoms with E-state index in [2.05, 4.69) is 5.32 Å². The average molecular weight is 278 g/mol. The molecule has 19 heavy (non-hydrogen) atoms. The molecule has 1 aromatic heterocycles. The second kappa shape index (κ2) is 5.53. The van der Waals surface area contributed by atoms with Crippen molar-refractivity contribution in [3.05, 3.63) is 10.9 Å². The number of hydrogen-bond donors (Lipinski definition) is 2. The van der Waals surface area contributed by atoms with Gasteiger partial charge in [0.05, 0.1) is 15.6 Å². The summed E-state index contributed by atoms with van der Waals surface area (Å²) in [7, 11) is 0. The van der Waals surface area contributed by atoms with Crippen molar-refractivity contribution in [2.75, 3.05) is 11.1 Å². The van der Waals surface area contributed by atoms with Crippen molar-refractivity contribution in [2.45, 2.75) is 57.4 Å². The molecule has 0 aliphatic heterocycles. The number of nitrogens with one attached hydrogen (secondary N) is 1. The van der Waals surface area contributed by atoms with Crippen molar-refractivity contribution in [3.63, 3.8) is 0 Å². The van der Waals surface area contributed by atoms with E-state index in [0.717, 1.165) is 22.7 Å². The average Bonchev–Trinajstić information content (AvgIpc) is 3.18. The molecule has 3 rings (SSSR count). The molecule has 2 aliphatic carbocycles. The van der Waals surface area contributed by atoms with Gasteiger partial charge < -0.3 is 11.1 Å². The van der Waals surface area contributed by atoms with E-state index < -0.39 is 0 Å². The number of nitrogen functional groups attached to an aromatic ring is 1. The van der Waals surface area contributed by atoms with Gasteiger partial charge in [0.15, 0.2) is 5.78 Å². The first kappa shape index (κ1) is 13.0. The summed E-state index contributed by atoms with van der Waals surface area (Å²) in [6.45, 7) is 0. The quantitative estimate of drug-likeness (QED) is 0.645. The molecular formula is C15H22N2OS. The fourth-order valence-electron chi connectivity index (χ4n) is 2.82.